The van der Waals surface area contributed by atoms with Crippen LogP contribution in [-0.4, -0.2) is 11.0 Å². The highest BCUT2D eigenvalue weighted by Gasteiger charge is 2.13. The van der Waals surface area contributed by atoms with E-state index in [2.05, 4.69) is 10.6 Å². The fourth-order valence-corrected chi connectivity index (χ4v) is 2.61. The van der Waals surface area contributed by atoms with Crippen LogP contribution < -0.4 is 15.4 Å². The molecule has 0 atom stereocenters. The maximum Gasteiger partial charge on any atom is 0.257 e. The molecule has 0 saturated carbocycles. The zero-order valence-corrected chi connectivity index (χ0v) is 14.8. The van der Waals surface area contributed by atoms with Crippen molar-refractivity contribution < 1.29 is 9.53 Å². The third kappa shape index (κ3) is 4.91. The van der Waals surface area contributed by atoms with Crippen molar-refractivity contribution in [1.29, 1.82) is 0 Å². The van der Waals surface area contributed by atoms with Gasteiger partial charge in [0.25, 0.3) is 5.91 Å². The van der Waals surface area contributed by atoms with E-state index in [9.17, 15) is 4.79 Å². The minimum atomic E-state index is -0.273. The summed E-state index contributed by atoms with van der Waals surface area (Å²) in [5.74, 6) is 0.481. The molecule has 3 rings (SSSR count). The summed E-state index contributed by atoms with van der Waals surface area (Å²) >= 11 is 5.22. The van der Waals surface area contributed by atoms with E-state index >= 15 is 0 Å². The van der Waals surface area contributed by atoms with Gasteiger partial charge in [-0.05, 0) is 42.5 Å². The summed E-state index contributed by atoms with van der Waals surface area (Å²) in [7, 11) is 0. The minimum absolute atomic E-state index is 0.250. The summed E-state index contributed by atoms with van der Waals surface area (Å²) in [4.78, 5) is 12.6. The molecule has 0 fully saturated rings. The molecule has 26 heavy (non-hydrogen) atoms. The van der Waals surface area contributed by atoms with Crippen LogP contribution in [0.1, 0.15) is 15.9 Å². The molecule has 0 radical (unpaired) electrons. The van der Waals surface area contributed by atoms with E-state index in [-0.39, 0.29) is 11.0 Å². The van der Waals surface area contributed by atoms with Gasteiger partial charge in [-0.3, -0.25) is 10.1 Å². The first-order valence-electron chi connectivity index (χ1n) is 8.15. The lowest BCUT2D eigenvalue weighted by molar-refractivity contribution is 0.0975. The van der Waals surface area contributed by atoms with E-state index in [4.69, 9.17) is 17.0 Å². The predicted octanol–water partition coefficient (Wildman–Crippen LogP) is 4.39. The summed E-state index contributed by atoms with van der Waals surface area (Å²) in [6.45, 7) is 0.298. The number of ether oxygens (including phenoxy) is 1. The van der Waals surface area contributed by atoms with Crippen molar-refractivity contribution in [3.05, 3.63) is 96.1 Å². The van der Waals surface area contributed by atoms with Crippen LogP contribution in [0.25, 0.3) is 0 Å². The average molecular weight is 362 g/mol. The summed E-state index contributed by atoms with van der Waals surface area (Å²) < 4.78 is 5.76. The number of carbonyl (C=O) groups excluding carboxylic acids is 1. The second-order valence-corrected chi connectivity index (χ2v) is 5.94. The van der Waals surface area contributed by atoms with Gasteiger partial charge in [0, 0.05) is 16.8 Å². The molecule has 1 amide bonds. The third-order valence-electron chi connectivity index (χ3n) is 3.66. The number of para-hydroxylation sites is 2. The largest absolute Gasteiger partial charge is 0.489 e. The Morgan fingerprint density at radius 1 is 0.846 bits per heavy atom. The maximum absolute atomic E-state index is 12.6. The molecule has 3 aromatic rings. The lowest BCUT2D eigenvalue weighted by Gasteiger charge is -2.13. The molecule has 5 heteroatoms. The van der Waals surface area contributed by atoms with Gasteiger partial charge >= 0.3 is 0 Å². The second-order valence-electron chi connectivity index (χ2n) is 5.53. The average Bonchev–Trinajstić information content (AvgIpc) is 2.68. The van der Waals surface area contributed by atoms with Crippen LogP contribution in [0.15, 0.2) is 84.9 Å². The highest BCUT2D eigenvalue weighted by molar-refractivity contribution is 7.80. The van der Waals surface area contributed by atoms with Gasteiger partial charge < -0.3 is 10.1 Å². The number of benzene rings is 3. The van der Waals surface area contributed by atoms with Crippen LogP contribution in [0, 0.1) is 0 Å². The zero-order chi connectivity index (χ0) is 18.2. The Kier molecular flexibility index (Phi) is 5.96. The fourth-order valence-electron chi connectivity index (χ4n) is 2.40. The van der Waals surface area contributed by atoms with Crippen molar-refractivity contribution in [2.75, 3.05) is 5.32 Å². The van der Waals surface area contributed by atoms with E-state index in [1.165, 1.54) is 0 Å². The zero-order valence-electron chi connectivity index (χ0n) is 14.0. The molecule has 0 aliphatic carbocycles. The van der Waals surface area contributed by atoms with E-state index < -0.39 is 0 Å². The fraction of sp³-hybridized carbons (Fsp3) is 0.0476. The highest BCUT2D eigenvalue weighted by Crippen LogP contribution is 2.15. The number of rotatable bonds is 5. The number of hydrogen-bond donors (Lipinski definition) is 2. The van der Waals surface area contributed by atoms with Gasteiger partial charge in [0.2, 0.25) is 0 Å². The number of thiocarbonyl (C=S) groups is 1. The summed E-state index contributed by atoms with van der Waals surface area (Å²) in [5, 5.41) is 5.95. The van der Waals surface area contributed by atoms with Gasteiger partial charge in [-0.2, -0.15) is 0 Å². The number of anilines is 1. The van der Waals surface area contributed by atoms with Crippen LogP contribution >= 0.6 is 12.2 Å². The van der Waals surface area contributed by atoms with Gasteiger partial charge in [-0.15, -0.1) is 0 Å². The molecule has 3 aromatic carbocycles. The third-order valence-corrected chi connectivity index (χ3v) is 3.86. The molecule has 0 aliphatic heterocycles. The first-order chi connectivity index (χ1) is 12.7. The molecule has 0 spiro atoms. The van der Waals surface area contributed by atoms with Crippen molar-refractivity contribution in [1.82, 2.24) is 5.32 Å². The minimum Gasteiger partial charge on any atom is -0.489 e. The second kappa shape index (κ2) is 8.78. The molecule has 0 aromatic heterocycles. The van der Waals surface area contributed by atoms with E-state index in [0.29, 0.717) is 12.2 Å². The quantitative estimate of drug-likeness (QED) is 0.661. The lowest BCUT2D eigenvalue weighted by Crippen LogP contribution is -2.34. The Balaban J connectivity index is 1.64. The number of hydrogen-bond acceptors (Lipinski definition) is 3. The number of carbonyl (C=O) groups is 1. The van der Waals surface area contributed by atoms with Crippen molar-refractivity contribution in [3.8, 4) is 5.75 Å². The summed E-state index contributed by atoms with van der Waals surface area (Å²) in [5.41, 5.74) is 2.13. The maximum atomic E-state index is 12.6. The van der Waals surface area contributed by atoms with Crippen LogP contribution in [-0.2, 0) is 6.61 Å². The highest BCUT2D eigenvalue weighted by atomic mass is 32.1. The monoisotopic (exact) mass is 362 g/mol. The van der Waals surface area contributed by atoms with Crippen molar-refractivity contribution >= 4 is 28.9 Å². The lowest BCUT2D eigenvalue weighted by atomic mass is 10.1. The molecule has 4 nitrogen and oxygen atoms in total. The summed E-state index contributed by atoms with van der Waals surface area (Å²) in [6, 6.07) is 26.2. The summed E-state index contributed by atoms with van der Waals surface area (Å²) in [6.07, 6.45) is 0. The Morgan fingerprint density at radius 3 is 2.19 bits per heavy atom. The molecule has 0 unspecified atom stereocenters. The molecule has 0 aliphatic rings. The molecule has 0 heterocycles. The van der Waals surface area contributed by atoms with Crippen molar-refractivity contribution in [2.24, 2.45) is 0 Å². The van der Waals surface area contributed by atoms with Crippen LogP contribution in [0.2, 0.25) is 0 Å². The standard InChI is InChI=1S/C21H18N2O2S/c24-20(23-21(26)22-17-10-3-1-4-11-17)19-14-8-7-9-16(19)15-25-18-12-5-2-6-13-18/h1-14H,15H2,(H2,22,23,24,26). The Labute approximate surface area is 157 Å². The van der Waals surface area contributed by atoms with Crippen molar-refractivity contribution in [2.45, 2.75) is 6.61 Å². The SMILES string of the molecule is O=C(NC(=S)Nc1ccccc1)c1ccccc1COc1ccccc1. The Morgan fingerprint density at radius 2 is 1.46 bits per heavy atom. The Bertz CT molecular complexity index is 883. The predicted molar refractivity (Wildman–Crippen MR) is 107 cm³/mol. The van der Waals surface area contributed by atoms with Crippen molar-refractivity contribution in [3.63, 3.8) is 0 Å². The van der Waals surface area contributed by atoms with Crippen LogP contribution in [0.5, 0.6) is 5.75 Å². The van der Waals surface area contributed by atoms with Gasteiger partial charge in [0.1, 0.15) is 12.4 Å². The molecule has 0 bridgehead atoms. The Hall–Kier alpha value is -3.18. The molecule has 0 saturated heterocycles. The van der Waals surface area contributed by atoms with E-state index in [0.717, 1.165) is 17.0 Å². The smallest absolute Gasteiger partial charge is 0.257 e. The molecule has 130 valence electrons. The van der Waals surface area contributed by atoms with Gasteiger partial charge in [-0.25, -0.2) is 0 Å². The normalized spacial score (nSPS) is 10.0. The molecular formula is C21H18N2O2S. The number of nitrogens with one attached hydrogen (secondary N) is 2. The van der Waals surface area contributed by atoms with E-state index in [1.807, 2.05) is 78.9 Å². The first kappa shape index (κ1) is 17.6. The van der Waals surface area contributed by atoms with E-state index in [1.54, 1.807) is 6.07 Å². The first-order valence-corrected chi connectivity index (χ1v) is 8.56. The molecule has 2 N–H and O–H groups in total. The number of amides is 1. The molecular weight excluding hydrogens is 344 g/mol. The van der Waals surface area contributed by atoms with Crippen LogP contribution in [0.3, 0.4) is 0 Å². The van der Waals surface area contributed by atoms with Crippen LogP contribution in [0.4, 0.5) is 5.69 Å². The van der Waals surface area contributed by atoms with Gasteiger partial charge in [0.05, 0.1) is 0 Å². The van der Waals surface area contributed by atoms with Gasteiger partial charge in [-0.1, -0.05) is 54.6 Å². The topological polar surface area (TPSA) is 50.4 Å². The van der Waals surface area contributed by atoms with Gasteiger partial charge in [0.15, 0.2) is 5.11 Å².